The number of rotatable bonds is 3. The lowest BCUT2D eigenvalue weighted by atomic mass is 10.3. The number of hydrogen-bond donors (Lipinski definition) is 4. The fraction of sp³-hybridized carbons (Fsp3) is 0.250. The van der Waals surface area contributed by atoms with Gasteiger partial charge in [0.15, 0.2) is 0 Å². The third-order valence-electron chi connectivity index (χ3n) is 1.44. The lowest BCUT2D eigenvalue weighted by molar-refractivity contribution is 0.0902. The standard InChI is InChI=1S/C8H14N4O/c1-12-6-2-4-7(5-3-6)13-8(9,10)11/h2-5,12H,9-11H2,1H3. The number of hydrogen-bond acceptors (Lipinski definition) is 5. The van der Waals surface area contributed by atoms with Gasteiger partial charge >= 0.3 is 0 Å². The second-order valence-electron chi connectivity index (χ2n) is 2.73. The SMILES string of the molecule is CNc1ccc(OC(N)(N)N)cc1. The van der Waals surface area contributed by atoms with Crippen LogP contribution in [0.4, 0.5) is 5.69 Å². The molecule has 0 atom stereocenters. The van der Waals surface area contributed by atoms with Crippen molar-refractivity contribution in [3.05, 3.63) is 24.3 Å². The molecule has 0 aromatic heterocycles. The van der Waals surface area contributed by atoms with Crippen LogP contribution >= 0.6 is 0 Å². The Morgan fingerprint density at radius 1 is 1.15 bits per heavy atom. The van der Waals surface area contributed by atoms with Crippen LogP contribution in [0.3, 0.4) is 0 Å². The van der Waals surface area contributed by atoms with Crippen LogP contribution in [0.15, 0.2) is 24.3 Å². The molecular formula is C8H14N4O. The summed E-state index contributed by atoms with van der Waals surface area (Å²) < 4.78 is 5.01. The Labute approximate surface area is 76.8 Å². The molecular weight excluding hydrogens is 168 g/mol. The highest BCUT2D eigenvalue weighted by molar-refractivity contribution is 5.45. The number of nitrogens with one attached hydrogen (secondary N) is 1. The first-order chi connectivity index (χ1) is 6.01. The quantitative estimate of drug-likeness (QED) is 0.476. The molecule has 1 rings (SSSR count). The molecule has 0 unspecified atom stereocenters. The molecule has 0 saturated carbocycles. The number of benzene rings is 1. The first-order valence-electron chi connectivity index (χ1n) is 3.85. The summed E-state index contributed by atoms with van der Waals surface area (Å²) in [5.41, 5.74) is 16.7. The van der Waals surface area contributed by atoms with E-state index in [4.69, 9.17) is 21.9 Å². The van der Waals surface area contributed by atoms with E-state index in [0.717, 1.165) is 5.69 Å². The minimum atomic E-state index is -1.62. The van der Waals surface area contributed by atoms with Crippen molar-refractivity contribution < 1.29 is 4.74 Å². The van der Waals surface area contributed by atoms with Crippen molar-refractivity contribution in [2.75, 3.05) is 12.4 Å². The molecule has 0 heterocycles. The molecule has 0 radical (unpaired) electrons. The maximum atomic E-state index is 5.26. The van der Waals surface area contributed by atoms with E-state index in [-0.39, 0.29) is 0 Å². The second-order valence-corrected chi connectivity index (χ2v) is 2.73. The summed E-state index contributed by atoms with van der Waals surface area (Å²) in [7, 11) is 1.83. The van der Waals surface area contributed by atoms with Gasteiger partial charge in [-0.2, -0.15) is 0 Å². The Morgan fingerprint density at radius 2 is 1.69 bits per heavy atom. The van der Waals surface area contributed by atoms with Crippen molar-refractivity contribution in [1.29, 1.82) is 0 Å². The maximum absolute atomic E-state index is 5.26. The van der Waals surface area contributed by atoms with Crippen molar-refractivity contribution in [2.45, 2.75) is 5.97 Å². The highest BCUT2D eigenvalue weighted by Gasteiger charge is 2.12. The van der Waals surface area contributed by atoms with Crippen molar-refractivity contribution in [2.24, 2.45) is 17.2 Å². The van der Waals surface area contributed by atoms with Gasteiger partial charge in [0.25, 0.3) is 5.97 Å². The first-order valence-corrected chi connectivity index (χ1v) is 3.85. The lowest BCUT2D eigenvalue weighted by Crippen LogP contribution is -2.62. The number of nitrogens with two attached hydrogens (primary N) is 3. The summed E-state index contributed by atoms with van der Waals surface area (Å²) in [5.74, 6) is -1.09. The Balaban J connectivity index is 2.70. The predicted molar refractivity (Wildman–Crippen MR) is 51.9 cm³/mol. The highest BCUT2D eigenvalue weighted by Crippen LogP contribution is 2.15. The van der Waals surface area contributed by atoms with Crippen LogP contribution < -0.4 is 27.3 Å². The average molecular weight is 182 g/mol. The van der Waals surface area contributed by atoms with E-state index in [1.54, 1.807) is 12.1 Å². The molecule has 0 spiro atoms. The van der Waals surface area contributed by atoms with Gasteiger partial charge in [-0.15, -0.1) is 0 Å². The number of ether oxygens (including phenoxy) is 1. The van der Waals surface area contributed by atoms with E-state index >= 15 is 0 Å². The molecule has 0 fully saturated rings. The van der Waals surface area contributed by atoms with Crippen LogP contribution in [0.2, 0.25) is 0 Å². The largest absolute Gasteiger partial charge is 0.447 e. The van der Waals surface area contributed by atoms with E-state index in [1.165, 1.54) is 0 Å². The molecule has 0 aliphatic carbocycles. The number of anilines is 1. The third kappa shape index (κ3) is 3.29. The van der Waals surface area contributed by atoms with E-state index < -0.39 is 5.97 Å². The van der Waals surface area contributed by atoms with Crippen LogP contribution in [-0.4, -0.2) is 13.0 Å². The minimum absolute atomic E-state index is 0.534. The molecule has 72 valence electrons. The van der Waals surface area contributed by atoms with E-state index in [9.17, 15) is 0 Å². The second kappa shape index (κ2) is 3.61. The summed E-state index contributed by atoms with van der Waals surface area (Å²) in [5, 5.41) is 2.97. The van der Waals surface area contributed by atoms with Gasteiger partial charge < -0.3 is 10.1 Å². The van der Waals surface area contributed by atoms with E-state index in [0.29, 0.717) is 5.75 Å². The molecule has 13 heavy (non-hydrogen) atoms. The van der Waals surface area contributed by atoms with Crippen LogP contribution in [-0.2, 0) is 0 Å². The van der Waals surface area contributed by atoms with E-state index in [2.05, 4.69) is 5.32 Å². The summed E-state index contributed by atoms with van der Waals surface area (Å²) in [4.78, 5) is 0. The Kier molecular flexibility index (Phi) is 2.72. The smallest absolute Gasteiger partial charge is 0.271 e. The molecule has 5 nitrogen and oxygen atoms in total. The van der Waals surface area contributed by atoms with Gasteiger partial charge in [0.05, 0.1) is 0 Å². The third-order valence-corrected chi connectivity index (χ3v) is 1.44. The molecule has 0 aliphatic heterocycles. The van der Waals surface area contributed by atoms with Gasteiger partial charge in [-0.05, 0) is 24.3 Å². The monoisotopic (exact) mass is 182 g/mol. The normalized spacial score (nSPS) is 11.1. The van der Waals surface area contributed by atoms with Crippen LogP contribution in [0.1, 0.15) is 0 Å². The van der Waals surface area contributed by atoms with Gasteiger partial charge in [-0.1, -0.05) is 0 Å². The van der Waals surface area contributed by atoms with E-state index in [1.807, 2.05) is 19.2 Å². The van der Waals surface area contributed by atoms with Gasteiger partial charge in [0.2, 0.25) is 0 Å². The minimum Gasteiger partial charge on any atom is -0.447 e. The average Bonchev–Trinajstić information content (AvgIpc) is 2.03. The summed E-state index contributed by atoms with van der Waals surface area (Å²) in [6.45, 7) is 0. The highest BCUT2D eigenvalue weighted by atomic mass is 16.5. The maximum Gasteiger partial charge on any atom is 0.271 e. The summed E-state index contributed by atoms with van der Waals surface area (Å²) in [6.07, 6.45) is 0. The van der Waals surface area contributed by atoms with Gasteiger partial charge in [0, 0.05) is 12.7 Å². The van der Waals surface area contributed by atoms with Crippen LogP contribution in [0, 0.1) is 0 Å². The topological polar surface area (TPSA) is 99.3 Å². The van der Waals surface area contributed by atoms with Gasteiger partial charge in [-0.3, -0.25) is 17.2 Å². The Morgan fingerprint density at radius 3 is 2.08 bits per heavy atom. The fourth-order valence-corrected chi connectivity index (χ4v) is 0.894. The molecule has 0 amide bonds. The first kappa shape index (κ1) is 9.79. The summed E-state index contributed by atoms with van der Waals surface area (Å²) in [6, 6.07) is 7.13. The zero-order valence-electron chi connectivity index (χ0n) is 7.45. The van der Waals surface area contributed by atoms with Gasteiger partial charge in [0.1, 0.15) is 5.75 Å². The molecule has 5 heteroatoms. The van der Waals surface area contributed by atoms with Crippen LogP contribution in [0.5, 0.6) is 5.75 Å². The fourth-order valence-electron chi connectivity index (χ4n) is 0.894. The summed E-state index contributed by atoms with van der Waals surface area (Å²) >= 11 is 0. The zero-order chi connectivity index (χ0) is 9.90. The predicted octanol–water partition coefficient (Wildman–Crippen LogP) is -0.405. The molecule has 1 aromatic rings. The van der Waals surface area contributed by atoms with Crippen molar-refractivity contribution in [1.82, 2.24) is 0 Å². The molecule has 7 N–H and O–H groups in total. The van der Waals surface area contributed by atoms with Crippen molar-refractivity contribution in [3.63, 3.8) is 0 Å². The van der Waals surface area contributed by atoms with Crippen LogP contribution in [0.25, 0.3) is 0 Å². The lowest BCUT2D eigenvalue weighted by Gasteiger charge is -2.20. The Hall–Kier alpha value is -1.30. The molecule has 0 saturated heterocycles. The molecule has 1 aromatic carbocycles. The Bertz CT molecular complexity index is 264. The van der Waals surface area contributed by atoms with Crippen molar-refractivity contribution in [3.8, 4) is 5.75 Å². The van der Waals surface area contributed by atoms with Gasteiger partial charge in [-0.25, -0.2) is 0 Å². The van der Waals surface area contributed by atoms with Crippen molar-refractivity contribution >= 4 is 5.69 Å². The molecule has 0 aliphatic rings. The zero-order valence-corrected chi connectivity index (χ0v) is 7.45. The molecule has 0 bridgehead atoms.